The van der Waals surface area contributed by atoms with Crippen LogP contribution in [-0.4, -0.2) is 41.5 Å². The second-order valence-electron chi connectivity index (χ2n) is 19.3. The van der Waals surface area contributed by atoms with Gasteiger partial charge in [-0.05, 0) is 38.1 Å². The molecule has 0 saturated carbocycles. The fourth-order valence-electron chi connectivity index (χ4n) is 10.3. The molecule has 0 aliphatic rings. The molecule has 8 nitrogen and oxygen atoms in total. The average Bonchev–Trinajstić information content (AvgIpc) is 3.53. The van der Waals surface area contributed by atoms with Crippen molar-refractivity contribution in [2.24, 2.45) is 0 Å². The summed E-state index contributed by atoms with van der Waals surface area (Å²) in [6, 6.07) is 77.3. The summed E-state index contributed by atoms with van der Waals surface area (Å²) < 4.78 is 0. The van der Waals surface area contributed by atoms with Crippen molar-refractivity contribution in [3.63, 3.8) is 0 Å². The van der Waals surface area contributed by atoms with Crippen LogP contribution in [0.15, 0.2) is 206 Å². The number of carbonyl (C=O) groups excluding carboxylic acids is 2. The Balaban J connectivity index is 0.000000146. The molecule has 4 aromatic heterocycles. The number of nitrogens with zero attached hydrogens (tertiary/aromatic N) is 6. The van der Waals surface area contributed by atoms with Gasteiger partial charge in [-0.2, -0.15) is 0 Å². The van der Waals surface area contributed by atoms with Gasteiger partial charge in [-0.1, -0.05) is 159 Å². The Labute approximate surface area is 465 Å². The van der Waals surface area contributed by atoms with Crippen molar-refractivity contribution >= 4 is 76.7 Å². The molecule has 10 aromatic carbocycles. The van der Waals surface area contributed by atoms with Gasteiger partial charge in [0.15, 0.2) is 0 Å². The Hall–Kier alpha value is -9.27. The standard InChI is InChI=1S/2C32H20N3.C5H8O2.Ir/c2*1-20-9-8-14-23(19-20)32-33-26-17-15-24-28-25(16-18-27(34-32)29(26)28)31(22-12-6-3-7-13-22)35-30(24)21-10-4-2-5-11-21;1-4(6)3-5(2)7;/h2*2-13,15-19H,1H3;3H2,1-2H3;/q2*-1;;. The molecular formula is C69H48IrN6O2-2. The summed E-state index contributed by atoms with van der Waals surface area (Å²) in [5.41, 5.74) is 16.2. The van der Waals surface area contributed by atoms with Crippen molar-refractivity contribution in [3.8, 4) is 67.8 Å². The molecule has 4 heterocycles. The molecule has 0 atom stereocenters. The summed E-state index contributed by atoms with van der Waals surface area (Å²) >= 11 is 0. The first-order valence-electron chi connectivity index (χ1n) is 25.6. The smallest absolute Gasteiger partial charge is 0.137 e. The van der Waals surface area contributed by atoms with Gasteiger partial charge in [0, 0.05) is 85.4 Å². The van der Waals surface area contributed by atoms with Crippen molar-refractivity contribution in [1.29, 1.82) is 0 Å². The second kappa shape index (κ2) is 21.8. The SMILES string of the molecule is CC(=O)CC(C)=O.Cc1cc[c-]c(-c2nc3ccc4c(-c5ccccc5)nc(-c5ccccc5)c5ccc(n2)c3c45)c1.Cc1cc[c-]c(-c2nc3ccc4c(-c5ccccc5)nc(-c5ccccc5)c5ccc(n2)c3c45)c1.[Ir]. The molecule has 9 heteroatoms. The zero-order valence-electron chi connectivity index (χ0n) is 43.2. The van der Waals surface area contributed by atoms with Gasteiger partial charge in [0.1, 0.15) is 11.6 Å². The van der Waals surface area contributed by atoms with Crippen molar-refractivity contribution < 1.29 is 29.7 Å². The van der Waals surface area contributed by atoms with Crippen LogP contribution in [0.2, 0.25) is 0 Å². The minimum atomic E-state index is -0.0625. The largest absolute Gasteiger partial charge is 0.300 e. The van der Waals surface area contributed by atoms with Crippen LogP contribution in [0.1, 0.15) is 31.4 Å². The first kappa shape index (κ1) is 50.9. The van der Waals surface area contributed by atoms with E-state index in [0.717, 1.165) is 121 Å². The third-order valence-electron chi connectivity index (χ3n) is 13.7. The van der Waals surface area contributed by atoms with E-state index in [9.17, 15) is 9.59 Å². The van der Waals surface area contributed by atoms with Gasteiger partial charge in [0.05, 0.1) is 62.9 Å². The van der Waals surface area contributed by atoms with Crippen molar-refractivity contribution in [2.75, 3.05) is 0 Å². The molecule has 0 aliphatic heterocycles. The first-order chi connectivity index (χ1) is 37.6. The Bertz CT molecular complexity index is 4000. The number of carbonyl (C=O) groups is 2. The summed E-state index contributed by atoms with van der Waals surface area (Å²) in [6.45, 7) is 6.96. The van der Waals surface area contributed by atoms with Gasteiger partial charge < -0.3 is 0 Å². The Kier molecular flexibility index (Phi) is 14.2. The van der Waals surface area contributed by atoms with Gasteiger partial charge >= 0.3 is 0 Å². The molecule has 0 bridgehead atoms. The van der Waals surface area contributed by atoms with E-state index in [2.05, 4.69) is 184 Å². The Morgan fingerprint density at radius 2 is 0.641 bits per heavy atom. The van der Waals surface area contributed by atoms with Gasteiger partial charge in [-0.25, -0.2) is 9.97 Å². The zero-order chi connectivity index (χ0) is 52.6. The molecule has 0 saturated heterocycles. The van der Waals surface area contributed by atoms with Gasteiger partial charge in [-0.3, -0.25) is 29.5 Å². The van der Waals surface area contributed by atoms with E-state index in [-0.39, 0.29) is 38.1 Å². The topological polar surface area (TPSA) is 111 Å². The maximum atomic E-state index is 10.0. The molecule has 0 fully saturated rings. The van der Waals surface area contributed by atoms with Crippen LogP contribution >= 0.6 is 0 Å². The molecule has 14 rings (SSSR count). The van der Waals surface area contributed by atoms with Crippen LogP contribution in [0.4, 0.5) is 0 Å². The van der Waals surface area contributed by atoms with Crippen LogP contribution in [0.25, 0.3) is 133 Å². The van der Waals surface area contributed by atoms with Crippen LogP contribution in [-0.2, 0) is 29.7 Å². The van der Waals surface area contributed by atoms with Gasteiger partial charge in [-0.15, -0.1) is 70.8 Å². The molecule has 78 heavy (non-hydrogen) atoms. The summed E-state index contributed by atoms with van der Waals surface area (Å²) in [7, 11) is 0. The monoisotopic (exact) mass is 1190 g/mol. The van der Waals surface area contributed by atoms with E-state index in [0.29, 0.717) is 11.6 Å². The van der Waals surface area contributed by atoms with Crippen molar-refractivity contribution in [1.82, 2.24) is 29.9 Å². The fourth-order valence-corrected chi connectivity index (χ4v) is 10.3. The molecule has 0 unspecified atom stereocenters. The molecule has 0 spiro atoms. The van der Waals surface area contributed by atoms with Crippen LogP contribution in [0, 0.1) is 26.0 Å². The molecule has 14 aromatic rings. The number of Topliss-reactive ketones (excluding diaryl/α,β-unsaturated/α-hetero) is 2. The number of aromatic nitrogens is 6. The van der Waals surface area contributed by atoms with Crippen LogP contribution in [0.3, 0.4) is 0 Å². The number of benzene rings is 10. The first-order valence-corrected chi connectivity index (χ1v) is 25.6. The molecule has 1 radical (unpaired) electrons. The Morgan fingerprint density at radius 3 is 0.885 bits per heavy atom. The zero-order valence-corrected chi connectivity index (χ0v) is 45.6. The van der Waals surface area contributed by atoms with E-state index in [4.69, 9.17) is 29.9 Å². The third-order valence-corrected chi connectivity index (χ3v) is 13.7. The quantitative estimate of drug-likeness (QED) is 0.0840. The molecule has 377 valence electrons. The predicted octanol–water partition coefficient (Wildman–Crippen LogP) is 16.3. The van der Waals surface area contributed by atoms with Crippen LogP contribution in [0.5, 0.6) is 0 Å². The minimum absolute atomic E-state index is 0. The number of hydrogen-bond acceptors (Lipinski definition) is 8. The molecule has 0 N–H and O–H groups in total. The number of hydrogen-bond donors (Lipinski definition) is 0. The predicted molar refractivity (Wildman–Crippen MR) is 313 cm³/mol. The number of aryl methyl sites for hydroxylation is 2. The fraction of sp³-hybridized carbons (Fsp3) is 0.0725. The summed E-state index contributed by atoms with van der Waals surface area (Å²) in [4.78, 5) is 50.4. The van der Waals surface area contributed by atoms with E-state index in [1.807, 2.05) is 48.5 Å². The maximum Gasteiger partial charge on any atom is 0.137 e. The molecule has 0 aliphatic carbocycles. The molecule has 0 amide bonds. The number of pyridine rings is 2. The minimum Gasteiger partial charge on any atom is -0.300 e. The number of ketones is 2. The van der Waals surface area contributed by atoms with E-state index in [1.165, 1.54) is 25.0 Å². The van der Waals surface area contributed by atoms with E-state index in [1.54, 1.807) is 0 Å². The maximum absolute atomic E-state index is 10.0. The summed E-state index contributed by atoms with van der Waals surface area (Å²) in [5.74, 6) is 1.27. The average molecular weight is 1190 g/mol. The third kappa shape index (κ3) is 9.89. The van der Waals surface area contributed by atoms with Crippen molar-refractivity contribution in [2.45, 2.75) is 34.1 Å². The second-order valence-corrected chi connectivity index (χ2v) is 19.3. The Morgan fingerprint density at radius 1 is 0.359 bits per heavy atom. The normalized spacial score (nSPS) is 11.1. The van der Waals surface area contributed by atoms with E-state index >= 15 is 0 Å². The van der Waals surface area contributed by atoms with Crippen molar-refractivity contribution in [3.05, 3.63) is 230 Å². The van der Waals surface area contributed by atoms with Crippen LogP contribution < -0.4 is 0 Å². The van der Waals surface area contributed by atoms with E-state index < -0.39 is 0 Å². The van der Waals surface area contributed by atoms with Gasteiger partial charge in [0.25, 0.3) is 0 Å². The number of rotatable bonds is 8. The summed E-state index contributed by atoms with van der Waals surface area (Å²) in [6.07, 6.45) is 0.0833. The van der Waals surface area contributed by atoms with Gasteiger partial charge in [0.2, 0.25) is 0 Å². The molecular weight excluding hydrogens is 1140 g/mol. The summed E-state index contributed by atoms with van der Waals surface area (Å²) in [5, 5.41) is 8.93.